The van der Waals surface area contributed by atoms with E-state index in [2.05, 4.69) is 22.4 Å². The van der Waals surface area contributed by atoms with E-state index in [4.69, 9.17) is 17.5 Å². The molecule has 1 aliphatic carbocycles. The molecule has 1 aromatic heterocycles. The molecule has 4 aliphatic rings. The van der Waals surface area contributed by atoms with Gasteiger partial charge in [0.2, 0.25) is 0 Å². The summed E-state index contributed by atoms with van der Waals surface area (Å²) in [6.07, 6.45) is 2.97. The number of halogens is 3. The van der Waals surface area contributed by atoms with Gasteiger partial charge in [0, 0.05) is 17.8 Å². The lowest BCUT2D eigenvalue weighted by Crippen LogP contribution is -2.55. The third-order valence-electron chi connectivity index (χ3n) is 8.23. The summed E-state index contributed by atoms with van der Waals surface area (Å²) in [7, 11) is 0. The lowest BCUT2D eigenvalue weighted by atomic mass is 9.75. The minimum atomic E-state index is -4.78. The summed E-state index contributed by atoms with van der Waals surface area (Å²) in [6.45, 7) is 0. The fraction of sp³-hybridized carbons (Fsp3) is 0.462. The van der Waals surface area contributed by atoms with Gasteiger partial charge in [-0.15, -0.1) is 0 Å². The maximum absolute atomic E-state index is 13.6. The van der Waals surface area contributed by atoms with Gasteiger partial charge >= 0.3 is 6.18 Å². The molecule has 0 radical (unpaired) electrons. The lowest BCUT2D eigenvalue weighted by Gasteiger charge is -2.43. The van der Waals surface area contributed by atoms with Crippen LogP contribution in [0.25, 0.3) is 0 Å². The molecule has 1 aromatic carbocycles. The molecule has 3 aliphatic heterocycles. The van der Waals surface area contributed by atoms with Crippen LogP contribution in [0, 0.1) is 11.3 Å². The number of nitrogens with zero attached hydrogens (tertiary/aromatic N) is 4. The number of nitriles is 1. The molecule has 1 amide bonds. The molecular weight excluding hydrogens is 487 g/mol. The number of carbonyl (C=O) groups is 1. The number of benzene rings is 1. The molecule has 4 fully saturated rings. The van der Waals surface area contributed by atoms with Gasteiger partial charge in [0.1, 0.15) is 11.6 Å². The maximum atomic E-state index is 13.6. The summed E-state index contributed by atoms with van der Waals surface area (Å²) in [6, 6.07) is 11.6. The van der Waals surface area contributed by atoms with Gasteiger partial charge in [-0.2, -0.15) is 18.4 Å². The minimum Gasteiger partial charge on any atom is -0.311 e. The molecule has 6 rings (SSSR count). The van der Waals surface area contributed by atoms with Crippen molar-refractivity contribution >= 4 is 34.6 Å². The van der Waals surface area contributed by atoms with Gasteiger partial charge in [0.15, 0.2) is 10.8 Å². The van der Waals surface area contributed by atoms with Crippen LogP contribution in [0.15, 0.2) is 36.5 Å². The number of hydrogen-bond donors (Lipinski definition) is 1. The molecule has 186 valence electrons. The molecule has 1 N–H and O–H groups in total. The average molecular weight is 512 g/mol. The standard InChI is InChI=1S/C26H24F3N5OS/c27-26(28,29)21-12-20(14-31-22(21)13-30)33-23(35)25(8-1-9-25)34(24(33)36)19-6-2-15(3-7-19)16-10-17-4-5-18(11-16)32-17/h2-3,6-7,12,14,16-18,32H,1,4-5,8-11H2. The smallest absolute Gasteiger partial charge is 0.311 e. The van der Waals surface area contributed by atoms with Gasteiger partial charge in [-0.1, -0.05) is 12.1 Å². The van der Waals surface area contributed by atoms with Crippen molar-refractivity contribution in [2.24, 2.45) is 0 Å². The summed E-state index contributed by atoms with van der Waals surface area (Å²) in [5, 5.41) is 12.9. The van der Waals surface area contributed by atoms with Gasteiger partial charge in [0.25, 0.3) is 5.91 Å². The Bertz CT molecular complexity index is 1270. The number of pyridine rings is 1. The number of hydrogen-bond acceptors (Lipinski definition) is 5. The monoisotopic (exact) mass is 511 g/mol. The molecule has 4 heterocycles. The third-order valence-corrected chi connectivity index (χ3v) is 8.60. The van der Waals surface area contributed by atoms with Crippen LogP contribution in [0.1, 0.15) is 67.7 Å². The summed E-state index contributed by atoms with van der Waals surface area (Å²) in [4.78, 5) is 20.3. The number of anilines is 2. The Morgan fingerprint density at radius 1 is 1.11 bits per heavy atom. The van der Waals surface area contributed by atoms with E-state index in [1.54, 1.807) is 4.90 Å². The first-order valence-corrected chi connectivity index (χ1v) is 12.6. The second-order valence-electron chi connectivity index (χ2n) is 10.2. The molecular formula is C26H24F3N5OS. The van der Waals surface area contributed by atoms with Crippen molar-refractivity contribution in [2.45, 2.75) is 74.7 Å². The minimum absolute atomic E-state index is 0.0769. The normalized spacial score (nSPS) is 26.9. The van der Waals surface area contributed by atoms with Gasteiger partial charge < -0.3 is 10.2 Å². The van der Waals surface area contributed by atoms with Crippen molar-refractivity contribution in [1.82, 2.24) is 10.3 Å². The van der Waals surface area contributed by atoms with Crippen LogP contribution in [0.3, 0.4) is 0 Å². The van der Waals surface area contributed by atoms with Crippen LogP contribution in [0.2, 0.25) is 0 Å². The van der Waals surface area contributed by atoms with Crippen LogP contribution in [0.4, 0.5) is 24.5 Å². The zero-order chi connectivity index (χ0) is 25.2. The van der Waals surface area contributed by atoms with Crippen molar-refractivity contribution in [1.29, 1.82) is 5.26 Å². The van der Waals surface area contributed by atoms with Crippen molar-refractivity contribution in [3.8, 4) is 6.07 Å². The molecule has 2 bridgehead atoms. The van der Waals surface area contributed by atoms with Gasteiger partial charge in [-0.3, -0.25) is 9.69 Å². The number of fused-ring (bicyclic) bond motifs is 2. The van der Waals surface area contributed by atoms with E-state index in [1.165, 1.54) is 24.5 Å². The molecule has 1 spiro atoms. The first-order chi connectivity index (χ1) is 17.2. The van der Waals surface area contributed by atoms with Crippen LogP contribution >= 0.6 is 12.2 Å². The predicted molar refractivity (Wildman–Crippen MR) is 131 cm³/mol. The highest BCUT2D eigenvalue weighted by Gasteiger charge is 2.59. The summed E-state index contributed by atoms with van der Waals surface area (Å²) in [5.74, 6) is 0.141. The number of aromatic nitrogens is 1. The first kappa shape index (κ1) is 23.4. The van der Waals surface area contributed by atoms with Crippen LogP contribution in [0.5, 0.6) is 0 Å². The van der Waals surface area contributed by atoms with E-state index in [0.717, 1.165) is 42.1 Å². The van der Waals surface area contributed by atoms with E-state index in [0.29, 0.717) is 30.8 Å². The second-order valence-corrected chi connectivity index (χ2v) is 10.6. The maximum Gasteiger partial charge on any atom is 0.419 e. The number of amides is 1. The Morgan fingerprint density at radius 3 is 2.33 bits per heavy atom. The van der Waals surface area contributed by atoms with Crippen LogP contribution in [-0.4, -0.2) is 33.6 Å². The zero-order valence-corrected chi connectivity index (χ0v) is 20.2. The van der Waals surface area contributed by atoms with Gasteiger partial charge in [-0.05, 0) is 86.8 Å². The predicted octanol–water partition coefficient (Wildman–Crippen LogP) is 5.03. The summed E-state index contributed by atoms with van der Waals surface area (Å²) >= 11 is 5.70. The SMILES string of the molecule is N#Cc1ncc(N2C(=O)C3(CCC3)N(c3ccc(C4CC5CCC(C4)N5)cc3)C2=S)cc1C(F)(F)F. The van der Waals surface area contributed by atoms with Gasteiger partial charge in [0.05, 0.1) is 17.4 Å². The second kappa shape index (κ2) is 8.25. The lowest BCUT2D eigenvalue weighted by molar-refractivity contribution is -0.138. The zero-order valence-electron chi connectivity index (χ0n) is 19.4. The Morgan fingerprint density at radius 2 is 1.78 bits per heavy atom. The molecule has 6 nitrogen and oxygen atoms in total. The van der Waals surface area contributed by atoms with E-state index < -0.39 is 23.0 Å². The Balaban J connectivity index is 1.33. The highest BCUT2D eigenvalue weighted by atomic mass is 32.1. The van der Waals surface area contributed by atoms with E-state index in [1.807, 2.05) is 12.1 Å². The number of nitrogens with one attached hydrogen (secondary N) is 1. The number of alkyl halides is 3. The van der Waals surface area contributed by atoms with Crippen molar-refractivity contribution in [3.63, 3.8) is 0 Å². The number of carbonyl (C=O) groups excluding carboxylic acids is 1. The third kappa shape index (κ3) is 3.51. The number of thiocarbonyl (C=S) groups is 1. The Kier molecular flexibility index (Phi) is 5.36. The van der Waals surface area contributed by atoms with E-state index in [9.17, 15) is 18.0 Å². The quantitative estimate of drug-likeness (QED) is 0.583. The topological polar surface area (TPSA) is 72.3 Å². The molecule has 2 atom stereocenters. The molecule has 2 aromatic rings. The van der Waals surface area contributed by atoms with Crippen molar-refractivity contribution < 1.29 is 18.0 Å². The largest absolute Gasteiger partial charge is 0.419 e. The molecule has 10 heteroatoms. The van der Waals surface area contributed by atoms with E-state index >= 15 is 0 Å². The van der Waals surface area contributed by atoms with Gasteiger partial charge in [-0.25, -0.2) is 4.98 Å². The van der Waals surface area contributed by atoms with Crippen LogP contribution < -0.4 is 15.1 Å². The highest BCUT2D eigenvalue weighted by molar-refractivity contribution is 7.81. The summed E-state index contributed by atoms with van der Waals surface area (Å²) < 4.78 is 40.7. The van der Waals surface area contributed by atoms with Crippen molar-refractivity contribution in [3.05, 3.63) is 53.3 Å². The molecule has 36 heavy (non-hydrogen) atoms. The van der Waals surface area contributed by atoms with Crippen molar-refractivity contribution in [2.75, 3.05) is 9.80 Å². The number of rotatable bonds is 3. The number of piperidine rings is 1. The molecule has 3 saturated heterocycles. The van der Waals surface area contributed by atoms with E-state index in [-0.39, 0.29) is 16.7 Å². The van der Waals surface area contributed by atoms with Crippen LogP contribution in [-0.2, 0) is 11.0 Å². The fourth-order valence-corrected chi connectivity index (χ4v) is 6.78. The summed E-state index contributed by atoms with van der Waals surface area (Å²) in [5.41, 5.74) is -0.876. The first-order valence-electron chi connectivity index (χ1n) is 12.2. The molecule has 2 unspecified atom stereocenters. The Labute approximate surface area is 212 Å². The highest BCUT2D eigenvalue weighted by Crippen LogP contribution is 2.48. The average Bonchev–Trinajstić information content (AvgIpc) is 3.29. The Hall–Kier alpha value is -3.03. The fourth-order valence-electron chi connectivity index (χ4n) is 6.31. The molecule has 1 saturated carbocycles.